The summed E-state index contributed by atoms with van der Waals surface area (Å²) in [6.07, 6.45) is 0.134. The SMILES string of the molecule is COc1ccc2cc(C(C)NCCC(=O)O)ccc2c1. The molecule has 0 aliphatic rings. The van der Waals surface area contributed by atoms with Crippen molar-refractivity contribution in [3.8, 4) is 5.75 Å². The van der Waals surface area contributed by atoms with Crippen molar-refractivity contribution in [3.63, 3.8) is 0 Å². The molecule has 4 nitrogen and oxygen atoms in total. The summed E-state index contributed by atoms with van der Waals surface area (Å²) in [5, 5.41) is 14.1. The van der Waals surface area contributed by atoms with Gasteiger partial charge in [0, 0.05) is 12.6 Å². The second-order valence-electron chi connectivity index (χ2n) is 4.79. The third-order valence-electron chi connectivity index (χ3n) is 3.36. The van der Waals surface area contributed by atoms with Gasteiger partial charge >= 0.3 is 5.97 Å². The molecule has 0 saturated heterocycles. The zero-order valence-electron chi connectivity index (χ0n) is 11.7. The number of aliphatic carboxylic acids is 1. The van der Waals surface area contributed by atoms with Gasteiger partial charge in [-0.05, 0) is 41.5 Å². The zero-order valence-corrected chi connectivity index (χ0v) is 11.7. The van der Waals surface area contributed by atoms with Crippen LogP contribution in [-0.2, 0) is 4.79 Å². The molecule has 2 N–H and O–H groups in total. The van der Waals surface area contributed by atoms with Crippen molar-refractivity contribution in [3.05, 3.63) is 42.0 Å². The molecule has 0 amide bonds. The van der Waals surface area contributed by atoms with Crippen molar-refractivity contribution < 1.29 is 14.6 Å². The predicted octanol–water partition coefficient (Wildman–Crippen LogP) is 2.97. The van der Waals surface area contributed by atoms with Gasteiger partial charge in [-0.25, -0.2) is 0 Å². The molecule has 0 radical (unpaired) electrons. The molecule has 0 saturated carbocycles. The van der Waals surface area contributed by atoms with Gasteiger partial charge in [-0.3, -0.25) is 4.79 Å². The second kappa shape index (κ2) is 6.39. The van der Waals surface area contributed by atoms with E-state index in [1.54, 1.807) is 7.11 Å². The summed E-state index contributed by atoms with van der Waals surface area (Å²) in [4.78, 5) is 10.5. The molecule has 0 aliphatic carbocycles. The summed E-state index contributed by atoms with van der Waals surface area (Å²) < 4.78 is 5.21. The monoisotopic (exact) mass is 273 g/mol. The van der Waals surface area contributed by atoms with E-state index in [1.165, 1.54) is 0 Å². The topological polar surface area (TPSA) is 58.6 Å². The average molecular weight is 273 g/mol. The van der Waals surface area contributed by atoms with Gasteiger partial charge in [0.05, 0.1) is 13.5 Å². The molecule has 20 heavy (non-hydrogen) atoms. The van der Waals surface area contributed by atoms with E-state index in [0.29, 0.717) is 6.54 Å². The summed E-state index contributed by atoms with van der Waals surface area (Å²) in [5.41, 5.74) is 1.15. The summed E-state index contributed by atoms with van der Waals surface area (Å²) in [6, 6.07) is 12.3. The Morgan fingerprint density at radius 2 is 1.95 bits per heavy atom. The molecule has 4 heteroatoms. The van der Waals surface area contributed by atoms with Crippen molar-refractivity contribution in [2.75, 3.05) is 13.7 Å². The molecular formula is C16H19NO3. The van der Waals surface area contributed by atoms with Gasteiger partial charge in [-0.1, -0.05) is 18.2 Å². The molecule has 0 heterocycles. The number of carbonyl (C=O) groups is 1. The minimum absolute atomic E-state index is 0.126. The Hall–Kier alpha value is -2.07. The first-order chi connectivity index (χ1) is 9.60. The lowest BCUT2D eigenvalue weighted by Crippen LogP contribution is -2.21. The smallest absolute Gasteiger partial charge is 0.304 e. The van der Waals surface area contributed by atoms with Crippen LogP contribution in [0.4, 0.5) is 0 Å². The Balaban J connectivity index is 2.12. The lowest BCUT2D eigenvalue weighted by atomic mass is 10.0. The molecule has 0 aromatic heterocycles. The van der Waals surface area contributed by atoms with Crippen molar-refractivity contribution >= 4 is 16.7 Å². The lowest BCUT2D eigenvalue weighted by molar-refractivity contribution is -0.136. The van der Waals surface area contributed by atoms with Gasteiger partial charge in [0.15, 0.2) is 0 Å². The number of ether oxygens (including phenoxy) is 1. The molecule has 1 unspecified atom stereocenters. The van der Waals surface area contributed by atoms with E-state index in [-0.39, 0.29) is 12.5 Å². The van der Waals surface area contributed by atoms with Crippen molar-refractivity contribution in [1.82, 2.24) is 5.32 Å². The Morgan fingerprint density at radius 3 is 2.65 bits per heavy atom. The number of nitrogens with one attached hydrogen (secondary N) is 1. The van der Waals surface area contributed by atoms with Gasteiger partial charge in [0.25, 0.3) is 0 Å². The zero-order chi connectivity index (χ0) is 14.5. The molecule has 0 fully saturated rings. The van der Waals surface area contributed by atoms with Gasteiger partial charge < -0.3 is 15.2 Å². The fraction of sp³-hybridized carbons (Fsp3) is 0.312. The fourth-order valence-electron chi connectivity index (χ4n) is 2.15. The lowest BCUT2D eigenvalue weighted by Gasteiger charge is -2.14. The Bertz CT molecular complexity index is 610. The van der Waals surface area contributed by atoms with Gasteiger partial charge in [0.1, 0.15) is 5.75 Å². The van der Waals surface area contributed by atoms with Crippen molar-refractivity contribution in [1.29, 1.82) is 0 Å². The van der Waals surface area contributed by atoms with Gasteiger partial charge in [-0.15, -0.1) is 0 Å². The van der Waals surface area contributed by atoms with Crippen LogP contribution in [0.3, 0.4) is 0 Å². The van der Waals surface area contributed by atoms with Crippen LogP contribution in [0.15, 0.2) is 36.4 Å². The van der Waals surface area contributed by atoms with Crippen LogP contribution in [0.5, 0.6) is 5.75 Å². The normalized spacial score (nSPS) is 12.3. The number of carboxylic acids is 1. The number of fused-ring (bicyclic) bond motifs is 1. The quantitative estimate of drug-likeness (QED) is 0.849. The summed E-state index contributed by atoms with van der Waals surface area (Å²) >= 11 is 0. The Kier molecular flexibility index (Phi) is 4.58. The average Bonchev–Trinajstić information content (AvgIpc) is 2.45. The first-order valence-corrected chi connectivity index (χ1v) is 6.63. The molecule has 0 aliphatic heterocycles. The van der Waals surface area contributed by atoms with Gasteiger partial charge in [0.2, 0.25) is 0 Å². The van der Waals surface area contributed by atoms with Crippen LogP contribution in [0, 0.1) is 0 Å². The van der Waals surface area contributed by atoms with Crippen LogP contribution >= 0.6 is 0 Å². The van der Waals surface area contributed by atoms with Crippen LogP contribution in [-0.4, -0.2) is 24.7 Å². The van der Waals surface area contributed by atoms with E-state index in [9.17, 15) is 4.79 Å². The summed E-state index contributed by atoms with van der Waals surface area (Å²) in [5.74, 6) is 0.0631. The summed E-state index contributed by atoms with van der Waals surface area (Å²) in [7, 11) is 1.66. The van der Waals surface area contributed by atoms with Crippen molar-refractivity contribution in [2.45, 2.75) is 19.4 Å². The van der Waals surface area contributed by atoms with E-state index in [1.807, 2.05) is 25.1 Å². The molecule has 2 aromatic carbocycles. The number of rotatable bonds is 6. The molecule has 2 aromatic rings. The maximum absolute atomic E-state index is 10.5. The predicted molar refractivity (Wildman–Crippen MR) is 79.2 cm³/mol. The molecule has 2 rings (SSSR count). The minimum Gasteiger partial charge on any atom is -0.497 e. The Morgan fingerprint density at radius 1 is 1.25 bits per heavy atom. The van der Waals surface area contributed by atoms with Crippen LogP contribution in [0.2, 0.25) is 0 Å². The maximum Gasteiger partial charge on any atom is 0.304 e. The fourth-order valence-corrected chi connectivity index (χ4v) is 2.15. The molecular weight excluding hydrogens is 254 g/mol. The highest BCUT2D eigenvalue weighted by atomic mass is 16.5. The number of hydrogen-bond acceptors (Lipinski definition) is 3. The third-order valence-corrected chi connectivity index (χ3v) is 3.36. The Labute approximate surface area is 118 Å². The number of hydrogen-bond donors (Lipinski definition) is 2. The highest BCUT2D eigenvalue weighted by Crippen LogP contribution is 2.24. The molecule has 106 valence electrons. The van der Waals surface area contributed by atoms with E-state index in [0.717, 1.165) is 22.1 Å². The van der Waals surface area contributed by atoms with E-state index in [2.05, 4.69) is 23.5 Å². The van der Waals surface area contributed by atoms with E-state index in [4.69, 9.17) is 9.84 Å². The van der Waals surface area contributed by atoms with E-state index < -0.39 is 5.97 Å². The third kappa shape index (κ3) is 3.48. The minimum atomic E-state index is -0.782. The van der Waals surface area contributed by atoms with Crippen LogP contribution in [0.25, 0.3) is 10.8 Å². The number of benzene rings is 2. The first kappa shape index (κ1) is 14.3. The van der Waals surface area contributed by atoms with E-state index >= 15 is 0 Å². The highest BCUT2D eigenvalue weighted by Gasteiger charge is 2.07. The van der Waals surface area contributed by atoms with Crippen molar-refractivity contribution in [2.24, 2.45) is 0 Å². The largest absolute Gasteiger partial charge is 0.497 e. The second-order valence-corrected chi connectivity index (χ2v) is 4.79. The molecule has 1 atom stereocenters. The number of methoxy groups -OCH3 is 1. The standard InChI is InChI=1S/C16H19NO3/c1-11(17-8-7-16(18)19)12-3-4-14-10-15(20-2)6-5-13(14)9-12/h3-6,9-11,17H,7-8H2,1-2H3,(H,18,19). The summed E-state index contributed by atoms with van der Waals surface area (Å²) in [6.45, 7) is 2.50. The van der Waals surface area contributed by atoms with Gasteiger partial charge in [-0.2, -0.15) is 0 Å². The highest BCUT2D eigenvalue weighted by molar-refractivity contribution is 5.84. The molecule has 0 spiro atoms. The van der Waals surface area contributed by atoms with Crippen LogP contribution in [0.1, 0.15) is 24.9 Å². The van der Waals surface area contributed by atoms with Crippen LogP contribution < -0.4 is 10.1 Å². The number of carboxylic acid groups (broad SMARTS) is 1. The first-order valence-electron chi connectivity index (χ1n) is 6.63. The molecule has 0 bridgehead atoms. The maximum atomic E-state index is 10.5.